The van der Waals surface area contributed by atoms with Crippen molar-refractivity contribution in [2.75, 3.05) is 33.8 Å². The fraction of sp³-hybridized carbons (Fsp3) is 0.333. The van der Waals surface area contributed by atoms with E-state index in [1.54, 1.807) is 23.5 Å². The van der Waals surface area contributed by atoms with E-state index in [4.69, 9.17) is 4.74 Å². The van der Waals surface area contributed by atoms with E-state index in [0.717, 1.165) is 0 Å². The number of likely N-dealkylation sites (N-methyl/N-ethyl adjacent to an activating group) is 1. The zero-order valence-electron chi connectivity index (χ0n) is 14.4. The molecule has 25 heavy (non-hydrogen) atoms. The monoisotopic (exact) mass is 361 g/mol. The van der Waals surface area contributed by atoms with Gasteiger partial charge in [0.1, 0.15) is 5.75 Å². The summed E-state index contributed by atoms with van der Waals surface area (Å²) in [7, 11) is 3.94. The molecule has 1 atom stereocenters. The van der Waals surface area contributed by atoms with Crippen LogP contribution >= 0.6 is 11.3 Å². The Hall–Kier alpha value is -2.38. The number of amides is 2. The van der Waals surface area contributed by atoms with E-state index in [2.05, 4.69) is 15.5 Å². The molecule has 0 radical (unpaired) electrons. The SMILES string of the molecule is CN(C)C(CNC(=O)CNC(=O)COc1ccccc1)c1cccs1. The Bertz CT molecular complexity index is 659. The molecule has 0 spiro atoms. The summed E-state index contributed by atoms with van der Waals surface area (Å²) in [5.74, 6) is 0.0600. The van der Waals surface area contributed by atoms with Gasteiger partial charge in [-0.25, -0.2) is 0 Å². The summed E-state index contributed by atoms with van der Waals surface area (Å²) in [6.45, 7) is 0.303. The molecule has 134 valence electrons. The van der Waals surface area contributed by atoms with Crippen molar-refractivity contribution >= 4 is 23.2 Å². The average molecular weight is 361 g/mol. The van der Waals surface area contributed by atoms with Gasteiger partial charge in [-0.1, -0.05) is 24.3 Å². The number of nitrogens with zero attached hydrogens (tertiary/aromatic N) is 1. The largest absolute Gasteiger partial charge is 0.484 e. The summed E-state index contributed by atoms with van der Waals surface area (Å²) in [6, 6.07) is 13.2. The molecule has 7 heteroatoms. The van der Waals surface area contributed by atoms with Gasteiger partial charge in [0, 0.05) is 11.4 Å². The van der Waals surface area contributed by atoms with Crippen LogP contribution in [0.25, 0.3) is 0 Å². The predicted molar refractivity (Wildman–Crippen MR) is 98.7 cm³/mol. The highest BCUT2D eigenvalue weighted by Gasteiger charge is 2.16. The molecule has 0 saturated carbocycles. The minimum atomic E-state index is -0.332. The number of nitrogens with one attached hydrogen (secondary N) is 2. The molecule has 2 N–H and O–H groups in total. The van der Waals surface area contributed by atoms with Crippen LogP contribution in [0.1, 0.15) is 10.9 Å². The molecule has 1 heterocycles. The molecular formula is C18H23N3O3S. The molecule has 2 aromatic rings. The van der Waals surface area contributed by atoms with E-state index >= 15 is 0 Å². The first-order chi connectivity index (χ1) is 12.1. The van der Waals surface area contributed by atoms with Crippen LogP contribution in [0.3, 0.4) is 0 Å². The van der Waals surface area contributed by atoms with Crippen molar-refractivity contribution in [3.05, 3.63) is 52.7 Å². The molecule has 1 aromatic carbocycles. The highest BCUT2D eigenvalue weighted by atomic mass is 32.1. The molecule has 1 unspecified atom stereocenters. The number of benzene rings is 1. The Balaban J connectivity index is 1.68. The van der Waals surface area contributed by atoms with Crippen molar-refractivity contribution in [2.45, 2.75) is 6.04 Å². The number of carbonyl (C=O) groups excluding carboxylic acids is 2. The summed E-state index contributed by atoms with van der Waals surface area (Å²) < 4.78 is 5.33. The topological polar surface area (TPSA) is 70.7 Å². The van der Waals surface area contributed by atoms with E-state index in [9.17, 15) is 9.59 Å². The number of hydrogen-bond donors (Lipinski definition) is 2. The minimum Gasteiger partial charge on any atom is -0.484 e. The Labute approximate surface area is 151 Å². The molecule has 0 aliphatic heterocycles. The van der Waals surface area contributed by atoms with Crippen LogP contribution in [-0.4, -0.2) is 50.5 Å². The lowest BCUT2D eigenvalue weighted by molar-refractivity contribution is -0.127. The number of carbonyl (C=O) groups is 2. The molecule has 0 saturated heterocycles. The summed E-state index contributed by atoms with van der Waals surface area (Å²) in [6.07, 6.45) is 0. The van der Waals surface area contributed by atoms with Crippen LogP contribution in [0, 0.1) is 0 Å². The van der Waals surface area contributed by atoms with Gasteiger partial charge in [-0.3, -0.25) is 9.59 Å². The number of thiophene rings is 1. The van der Waals surface area contributed by atoms with Crippen molar-refractivity contribution < 1.29 is 14.3 Å². The van der Waals surface area contributed by atoms with E-state index in [-0.39, 0.29) is 31.0 Å². The van der Waals surface area contributed by atoms with E-state index < -0.39 is 0 Å². The summed E-state index contributed by atoms with van der Waals surface area (Å²) in [5.41, 5.74) is 0. The van der Waals surface area contributed by atoms with Crippen LogP contribution in [0.4, 0.5) is 0 Å². The average Bonchev–Trinajstić information content (AvgIpc) is 3.13. The molecular weight excluding hydrogens is 338 g/mol. The highest BCUT2D eigenvalue weighted by Crippen LogP contribution is 2.22. The molecule has 1 aromatic heterocycles. The van der Waals surface area contributed by atoms with Crippen molar-refractivity contribution in [1.82, 2.24) is 15.5 Å². The van der Waals surface area contributed by atoms with Crippen molar-refractivity contribution in [3.63, 3.8) is 0 Å². The number of rotatable bonds is 9. The Kier molecular flexibility index (Phi) is 7.43. The van der Waals surface area contributed by atoms with Gasteiger partial charge in [0.2, 0.25) is 5.91 Å². The second-order valence-corrected chi connectivity index (χ2v) is 6.66. The lowest BCUT2D eigenvalue weighted by Crippen LogP contribution is -2.41. The van der Waals surface area contributed by atoms with Gasteiger partial charge in [-0.05, 0) is 37.7 Å². The van der Waals surface area contributed by atoms with Gasteiger partial charge in [0.05, 0.1) is 12.6 Å². The normalized spacial score (nSPS) is 11.8. The van der Waals surface area contributed by atoms with Crippen molar-refractivity contribution in [3.8, 4) is 5.75 Å². The van der Waals surface area contributed by atoms with Crippen molar-refractivity contribution in [2.24, 2.45) is 0 Å². The van der Waals surface area contributed by atoms with E-state index in [1.807, 2.05) is 49.8 Å². The first-order valence-corrected chi connectivity index (χ1v) is 8.85. The van der Waals surface area contributed by atoms with Crippen LogP contribution in [0.15, 0.2) is 47.8 Å². The number of hydrogen-bond acceptors (Lipinski definition) is 5. The fourth-order valence-corrected chi connectivity index (χ4v) is 3.11. The zero-order valence-corrected chi connectivity index (χ0v) is 15.2. The molecule has 0 fully saturated rings. The molecule has 6 nitrogen and oxygen atoms in total. The lowest BCUT2D eigenvalue weighted by Gasteiger charge is -2.23. The Morgan fingerprint density at radius 1 is 1.08 bits per heavy atom. The molecule has 0 aliphatic carbocycles. The maximum atomic E-state index is 11.9. The smallest absolute Gasteiger partial charge is 0.258 e. The van der Waals surface area contributed by atoms with Gasteiger partial charge in [-0.2, -0.15) is 0 Å². The molecule has 0 bridgehead atoms. The quantitative estimate of drug-likeness (QED) is 0.713. The highest BCUT2D eigenvalue weighted by molar-refractivity contribution is 7.10. The third-order valence-electron chi connectivity index (χ3n) is 3.55. The van der Waals surface area contributed by atoms with Gasteiger partial charge in [0.25, 0.3) is 5.91 Å². The second-order valence-electron chi connectivity index (χ2n) is 5.68. The molecule has 0 aliphatic rings. The zero-order chi connectivity index (χ0) is 18.1. The Morgan fingerprint density at radius 3 is 2.48 bits per heavy atom. The standard InChI is InChI=1S/C18H23N3O3S/c1-21(2)15(16-9-6-10-25-16)11-19-17(22)12-20-18(23)13-24-14-7-4-3-5-8-14/h3-10,15H,11-13H2,1-2H3,(H,19,22)(H,20,23). The summed E-state index contributed by atoms with van der Waals surface area (Å²) >= 11 is 1.65. The maximum absolute atomic E-state index is 11.9. The molecule has 2 rings (SSSR count). The third-order valence-corrected chi connectivity index (χ3v) is 4.52. The number of ether oxygens (including phenoxy) is 1. The van der Waals surface area contributed by atoms with Gasteiger partial charge in [0.15, 0.2) is 6.61 Å². The van der Waals surface area contributed by atoms with E-state index in [0.29, 0.717) is 12.3 Å². The van der Waals surface area contributed by atoms with Crippen LogP contribution in [0.5, 0.6) is 5.75 Å². The summed E-state index contributed by atoms with van der Waals surface area (Å²) in [4.78, 5) is 26.9. The van der Waals surface area contributed by atoms with Crippen LogP contribution in [0.2, 0.25) is 0 Å². The molecule has 2 amide bonds. The van der Waals surface area contributed by atoms with Gasteiger partial charge < -0.3 is 20.3 Å². The predicted octanol–water partition coefficient (Wildman–Crippen LogP) is 1.66. The Morgan fingerprint density at radius 2 is 1.84 bits per heavy atom. The van der Waals surface area contributed by atoms with Crippen molar-refractivity contribution in [1.29, 1.82) is 0 Å². The lowest BCUT2D eigenvalue weighted by atomic mass is 10.2. The maximum Gasteiger partial charge on any atom is 0.258 e. The van der Waals surface area contributed by atoms with Gasteiger partial charge >= 0.3 is 0 Å². The summed E-state index contributed by atoms with van der Waals surface area (Å²) in [5, 5.41) is 7.42. The minimum absolute atomic E-state index is 0.0679. The van der Waals surface area contributed by atoms with Crippen LogP contribution < -0.4 is 15.4 Å². The first kappa shape index (κ1) is 19.0. The third kappa shape index (κ3) is 6.56. The fourth-order valence-electron chi connectivity index (χ4n) is 2.19. The van der Waals surface area contributed by atoms with E-state index in [1.165, 1.54) is 4.88 Å². The first-order valence-electron chi connectivity index (χ1n) is 7.97. The van der Waals surface area contributed by atoms with Crippen LogP contribution in [-0.2, 0) is 9.59 Å². The number of para-hydroxylation sites is 1. The van der Waals surface area contributed by atoms with Gasteiger partial charge in [-0.15, -0.1) is 11.3 Å². The second kappa shape index (κ2) is 9.80.